The highest BCUT2D eigenvalue weighted by molar-refractivity contribution is 5.95. The molecule has 5 nitrogen and oxygen atoms in total. The fourth-order valence-electron chi connectivity index (χ4n) is 2.34. The van der Waals surface area contributed by atoms with Gasteiger partial charge in [0.25, 0.3) is 5.91 Å². The Morgan fingerprint density at radius 1 is 1.53 bits per heavy atom. The first kappa shape index (κ1) is 13.7. The number of likely N-dealkylation sites (tertiary alicyclic amines) is 1. The van der Waals surface area contributed by atoms with Crippen LogP contribution in [0.3, 0.4) is 0 Å². The van der Waals surface area contributed by atoms with Crippen molar-refractivity contribution in [2.75, 3.05) is 32.0 Å². The summed E-state index contributed by atoms with van der Waals surface area (Å²) in [5, 5.41) is 9.12. The zero-order chi connectivity index (χ0) is 13.8. The summed E-state index contributed by atoms with van der Waals surface area (Å²) in [7, 11) is 0. The quantitative estimate of drug-likeness (QED) is 0.799. The number of aliphatic hydroxyl groups excluding tert-OH is 1. The van der Waals surface area contributed by atoms with Crippen molar-refractivity contribution in [3.05, 3.63) is 23.8 Å². The molecule has 19 heavy (non-hydrogen) atoms. The Hall–Kier alpha value is -1.75. The molecular formula is C14H20N2O3. The van der Waals surface area contributed by atoms with Gasteiger partial charge in [0.05, 0.1) is 6.61 Å². The largest absolute Gasteiger partial charge is 0.494 e. The minimum absolute atomic E-state index is 0.0517. The summed E-state index contributed by atoms with van der Waals surface area (Å²) in [4.78, 5) is 14.1. The van der Waals surface area contributed by atoms with Gasteiger partial charge in [-0.2, -0.15) is 0 Å². The molecule has 1 aliphatic heterocycles. The molecule has 1 aliphatic rings. The van der Waals surface area contributed by atoms with E-state index in [2.05, 4.69) is 0 Å². The zero-order valence-corrected chi connectivity index (χ0v) is 11.1. The maximum absolute atomic E-state index is 12.4. The van der Waals surface area contributed by atoms with Crippen LogP contribution in [0.5, 0.6) is 5.75 Å². The number of amides is 1. The lowest BCUT2D eigenvalue weighted by Crippen LogP contribution is -2.29. The molecule has 1 amide bonds. The van der Waals surface area contributed by atoms with Gasteiger partial charge in [0.2, 0.25) is 0 Å². The molecule has 0 spiro atoms. The van der Waals surface area contributed by atoms with E-state index >= 15 is 0 Å². The Kier molecular flexibility index (Phi) is 4.27. The van der Waals surface area contributed by atoms with Crippen molar-refractivity contribution >= 4 is 11.6 Å². The number of nitrogens with zero attached hydrogens (tertiary/aromatic N) is 1. The number of aliphatic hydroxyl groups is 1. The van der Waals surface area contributed by atoms with Gasteiger partial charge in [0.1, 0.15) is 5.75 Å². The van der Waals surface area contributed by atoms with E-state index < -0.39 is 0 Å². The summed E-state index contributed by atoms with van der Waals surface area (Å²) >= 11 is 0. The van der Waals surface area contributed by atoms with Gasteiger partial charge in [-0.15, -0.1) is 0 Å². The van der Waals surface area contributed by atoms with Crippen LogP contribution in [0.15, 0.2) is 18.2 Å². The van der Waals surface area contributed by atoms with E-state index in [-0.39, 0.29) is 18.4 Å². The molecule has 1 saturated heterocycles. The number of hydrogen-bond donors (Lipinski definition) is 2. The molecule has 0 bridgehead atoms. The van der Waals surface area contributed by atoms with Gasteiger partial charge in [-0.3, -0.25) is 4.79 Å². The van der Waals surface area contributed by atoms with Gasteiger partial charge >= 0.3 is 0 Å². The van der Waals surface area contributed by atoms with Crippen molar-refractivity contribution in [3.8, 4) is 5.75 Å². The Labute approximate surface area is 113 Å². The monoisotopic (exact) mass is 264 g/mol. The predicted octanol–water partition coefficient (Wildman–Crippen LogP) is 1.12. The average molecular weight is 264 g/mol. The fourth-order valence-corrected chi connectivity index (χ4v) is 2.34. The predicted molar refractivity (Wildman–Crippen MR) is 73.1 cm³/mol. The Balaban J connectivity index is 2.14. The number of nitrogens with two attached hydrogens (primary N) is 1. The van der Waals surface area contributed by atoms with Crippen molar-refractivity contribution in [2.24, 2.45) is 5.92 Å². The van der Waals surface area contributed by atoms with Crippen LogP contribution in [0.2, 0.25) is 0 Å². The summed E-state index contributed by atoms with van der Waals surface area (Å²) in [5.41, 5.74) is 6.85. The number of carbonyl (C=O) groups excluding carboxylic acids is 1. The summed E-state index contributed by atoms with van der Waals surface area (Å²) in [6.45, 7) is 3.84. The molecule has 2 rings (SSSR count). The lowest BCUT2D eigenvalue weighted by Gasteiger charge is -2.17. The van der Waals surface area contributed by atoms with Gasteiger partial charge in [-0.25, -0.2) is 0 Å². The van der Waals surface area contributed by atoms with Crippen LogP contribution in [0, 0.1) is 5.92 Å². The van der Waals surface area contributed by atoms with E-state index in [9.17, 15) is 4.79 Å². The molecule has 1 unspecified atom stereocenters. The topological polar surface area (TPSA) is 75.8 Å². The molecule has 1 atom stereocenters. The first-order valence-corrected chi connectivity index (χ1v) is 6.57. The second-order valence-corrected chi connectivity index (χ2v) is 4.81. The molecular weight excluding hydrogens is 244 g/mol. The van der Waals surface area contributed by atoms with Crippen molar-refractivity contribution in [2.45, 2.75) is 13.3 Å². The third-order valence-electron chi connectivity index (χ3n) is 3.32. The second-order valence-electron chi connectivity index (χ2n) is 4.81. The molecule has 1 aromatic carbocycles. The van der Waals surface area contributed by atoms with Crippen molar-refractivity contribution < 1.29 is 14.6 Å². The molecule has 0 saturated carbocycles. The fraction of sp³-hybridized carbons (Fsp3) is 0.500. The number of rotatable bonds is 4. The van der Waals surface area contributed by atoms with E-state index in [4.69, 9.17) is 15.6 Å². The molecule has 0 radical (unpaired) electrons. The summed E-state index contributed by atoms with van der Waals surface area (Å²) in [6.07, 6.45) is 0.850. The minimum Gasteiger partial charge on any atom is -0.494 e. The van der Waals surface area contributed by atoms with Gasteiger partial charge in [0.15, 0.2) is 0 Å². The molecule has 5 heteroatoms. The number of carbonyl (C=O) groups is 1. The summed E-state index contributed by atoms with van der Waals surface area (Å²) < 4.78 is 5.39. The highest BCUT2D eigenvalue weighted by Gasteiger charge is 2.26. The Morgan fingerprint density at radius 3 is 2.95 bits per heavy atom. The summed E-state index contributed by atoms with van der Waals surface area (Å²) in [6, 6.07) is 5.09. The Morgan fingerprint density at radius 2 is 2.32 bits per heavy atom. The molecule has 1 fully saturated rings. The van der Waals surface area contributed by atoms with E-state index in [0.29, 0.717) is 36.7 Å². The van der Waals surface area contributed by atoms with Gasteiger partial charge in [-0.05, 0) is 25.5 Å². The SMILES string of the molecule is CCOc1cc(N)cc(C(=O)N2CCC(CO)C2)c1. The standard InChI is InChI=1S/C14H20N2O3/c1-2-19-13-6-11(5-12(15)7-13)14(18)16-4-3-10(8-16)9-17/h5-7,10,17H,2-4,8-9,15H2,1H3. The van der Waals surface area contributed by atoms with E-state index in [0.717, 1.165) is 6.42 Å². The maximum Gasteiger partial charge on any atom is 0.254 e. The Bertz CT molecular complexity index is 462. The number of ether oxygens (including phenoxy) is 1. The van der Waals surface area contributed by atoms with E-state index in [1.165, 1.54) is 0 Å². The van der Waals surface area contributed by atoms with Crippen molar-refractivity contribution in [3.63, 3.8) is 0 Å². The normalized spacial score (nSPS) is 18.6. The van der Waals surface area contributed by atoms with Crippen LogP contribution in [-0.2, 0) is 0 Å². The lowest BCUT2D eigenvalue weighted by molar-refractivity contribution is 0.0781. The molecule has 1 heterocycles. The molecule has 0 aliphatic carbocycles. The molecule has 0 aromatic heterocycles. The van der Waals surface area contributed by atoms with Crippen LogP contribution in [-0.4, -0.2) is 42.2 Å². The third kappa shape index (κ3) is 3.17. The number of hydrogen-bond acceptors (Lipinski definition) is 4. The molecule has 104 valence electrons. The lowest BCUT2D eigenvalue weighted by atomic mass is 10.1. The van der Waals surface area contributed by atoms with Crippen molar-refractivity contribution in [1.29, 1.82) is 0 Å². The highest BCUT2D eigenvalue weighted by Crippen LogP contribution is 2.23. The molecule has 3 N–H and O–H groups in total. The number of anilines is 1. The zero-order valence-electron chi connectivity index (χ0n) is 11.1. The minimum atomic E-state index is -0.0517. The van der Waals surface area contributed by atoms with E-state index in [1.807, 2.05) is 6.92 Å². The third-order valence-corrected chi connectivity index (χ3v) is 3.32. The van der Waals surface area contributed by atoms with E-state index in [1.54, 1.807) is 23.1 Å². The maximum atomic E-state index is 12.4. The number of nitrogen functional groups attached to an aromatic ring is 1. The van der Waals surface area contributed by atoms with Gasteiger partial charge in [-0.1, -0.05) is 0 Å². The van der Waals surface area contributed by atoms with Gasteiger partial charge in [0, 0.05) is 42.9 Å². The van der Waals surface area contributed by atoms with Crippen LogP contribution in [0.4, 0.5) is 5.69 Å². The van der Waals surface area contributed by atoms with Crippen LogP contribution in [0.1, 0.15) is 23.7 Å². The number of benzene rings is 1. The van der Waals surface area contributed by atoms with Crippen LogP contribution >= 0.6 is 0 Å². The summed E-state index contributed by atoms with van der Waals surface area (Å²) in [5.74, 6) is 0.754. The van der Waals surface area contributed by atoms with Crippen LogP contribution in [0.25, 0.3) is 0 Å². The smallest absolute Gasteiger partial charge is 0.254 e. The van der Waals surface area contributed by atoms with Crippen LogP contribution < -0.4 is 10.5 Å². The highest BCUT2D eigenvalue weighted by atomic mass is 16.5. The van der Waals surface area contributed by atoms with Gasteiger partial charge < -0.3 is 20.5 Å². The van der Waals surface area contributed by atoms with Crippen molar-refractivity contribution in [1.82, 2.24) is 4.90 Å². The first-order chi connectivity index (χ1) is 9.13. The first-order valence-electron chi connectivity index (χ1n) is 6.57. The average Bonchev–Trinajstić information content (AvgIpc) is 2.86. The molecule has 1 aromatic rings. The second kappa shape index (κ2) is 5.93.